The lowest BCUT2D eigenvalue weighted by Gasteiger charge is -2.23. The fourth-order valence-electron chi connectivity index (χ4n) is 2.57. The van der Waals surface area contributed by atoms with Crippen LogP contribution in [-0.2, 0) is 0 Å². The van der Waals surface area contributed by atoms with Gasteiger partial charge >= 0.3 is 0 Å². The summed E-state index contributed by atoms with van der Waals surface area (Å²) in [6, 6.07) is 15.6. The van der Waals surface area contributed by atoms with E-state index in [2.05, 4.69) is 48.3 Å². The Hall–Kier alpha value is -2.49. The van der Waals surface area contributed by atoms with Crippen LogP contribution in [-0.4, -0.2) is 32.1 Å². The number of ether oxygens (including phenoxy) is 1. The normalized spacial score (nSPS) is 10.3. The number of anilines is 1. The van der Waals surface area contributed by atoms with Gasteiger partial charge in [0.1, 0.15) is 5.75 Å². The summed E-state index contributed by atoms with van der Waals surface area (Å²) in [7, 11) is 0. The molecular formula is C20H26N2O2. The predicted octanol–water partition coefficient (Wildman–Crippen LogP) is 3.65. The van der Waals surface area contributed by atoms with Crippen LogP contribution in [0.1, 0.15) is 29.8 Å². The van der Waals surface area contributed by atoms with Gasteiger partial charge in [-0.15, -0.1) is 0 Å². The summed E-state index contributed by atoms with van der Waals surface area (Å²) < 4.78 is 5.39. The summed E-state index contributed by atoms with van der Waals surface area (Å²) in [5.74, 6) is 0.726. The van der Waals surface area contributed by atoms with Crippen LogP contribution in [0.3, 0.4) is 0 Å². The number of hydrogen-bond acceptors (Lipinski definition) is 3. The number of benzene rings is 2. The monoisotopic (exact) mass is 326 g/mol. The number of aryl methyl sites for hydroxylation is 1. The average molecular weight is 326 g/mol. The largest absolute Gasteiger partial charge is 0.494 e. The first-order valence-electron chi connectivity index (χ1n) is 8.46. The summed E-state index contributed by atoms with van der Waals surface area (Å²) in [5, 5.41) is 2.98. The number of nitrogens with one attached hydrogen (secondary N) is 1. The number of nitrogens with zero attached hydrogens (tertiary/aromatic N) is 1. The molecule has 2 aromatic carbocycles. The molecule has 2 rings (SSSR count). The lowest BCUT2D eigenvalue weighted by atomic mass is 10.2. The zero-order valence-electron chi connectivity index (χ0n) is 14.7. The Morgan fingerprint density at radius 2 is 1.88 bits per heavy atom. The van der Waals surface area contributed by atoms with Crippen molar-refractivity contribution in [3.05, 3.63) is 59.7 Å². The van der Waals surface area contributed by atoms with E-state index in [0.717, 1.165) is 18.8 Å². The molecule has 0 spiro atoms. The molecule has 0 bridgehead atoms. The Kier molecular flexibility index (Phi) is 6.67. The highest BCUT2D eigenvalue weighted by Gasteiger charge is 2.08. The molecule has 0 aliphatic heterocycles. The Morgan fingerprint density at radius 3 is 2.50 bits per heavy atom. The lowest BCUT2D eigenvalue weighted by Crippen LogP contribution is -2.35. The molecule has 0 saturated carbocycles. The number of likely N-dealkylation sites (N-methyl/N-ethyl adjacent to an activating group) is 1. The predicted molar refractivity (Wildman–Crippen MR) is 99.0 cm³/mol. The van der Waals surface area contributed by atoms with Crippen LogP contribution in [0.15, 0.2) is 48.5 Å². The van der Waals surface area contributed by atoms with Gasteiger partial charge in [-0.25, -0.2) is 0 Å². The topological polar surface area (TPSA) is 41.6 Å². The molecule has 0 unspecified atom stereocenters. The maximum absolute atomic E-state index is 12.2. The van der Waals surface area contributed by atoms with Crippen LogP contribution in [0, 0.1) is 6.92 Å². The molecule has 128 valence electrons. The van der Waals surface area contributed by atoms with Crippen molar-refractivity contribution in [3.63, 3.8) is 0 Å². The second-order valence-electron chi connectivity index (χ2n) is 5.63. The fourth-order valence-corrected chi connectivity index (χ4v) is 2.57. The number of rotatable bonds is 8. The molecule has 2 aromatic rings. The molecule has 0 fully saturated rings. The van der Waals surface area contributed by atoms with Crippen LogP contribution in [0.4, 0.5) is 5.69 Å². The smallest absolute Gasteiger partial charge is 0.251 e. The third-order valence-electron chi connectivity index (χ3n) is 3.84. The minimum absolute atomic E-state index is 0.0571. The van der Waals surface area contributed by atoms with Gasteiger partial charge in [0.05, 0.1) is 6.61 Å². The van der Waals surface area contributed by atoms with Gasteiger partial charge in [0.25, 0.3) is 5.91 Å². The minimum atomic E-state index is -0.0571. The van der Waals surface area contributed by atoms with Gasteiger partial charge in [0, 0.05) is 30.9 Å². The van der Waals surface area contributed by atoms with Gasteiger partial charge in [0.2, 0.25) is 0 Å². The highest BCUT2D eigenvalue weighted by Crippen LogP contribution is 2.15. The summed E-state index contributed by atoms with van der Waals surface area (Å²) in [6.45, 7) is 9.06. The number of carbonyl (C=O) groups excluding carboxylic acids is 1. The standard InChI is InChI=1S/C20H26N2O2/c1-4-22(18-8-6-7-16(3)15-18)14-13-21-20(23)17-9-11-19(12-10-17)24-5-2/h6-12,15H,4-5,13-14H2,1-3H3,(H,21,23). The third-order valence-corrected chi connectivity index (χ3v) is 3.84. The van der Waals surface area contributed by atoms with Crippen molar-refractivity contribution in [2.24, 2.45) is 0 Å². The van der Waals surface area contributed by atoms with Crippen LogP contribution in [0.5, 0.6) is 5.75 Å². The first-order chi connectivity index (χ1) is 11.6. The minimum Gasteiger partial charge on any atom is -0.494 e. The van der Waals surface area contributed by atoms with E-state index in [1.165, 1.54) is 11.3 Å². The van der Waals surface area contributed by atoms with Gasteiger partial charge in [-0.3, -0.25) is 4.79 Å². The molecule has 1 N–H and O–H groups in total. The first-order valence-corrected chi connectivity index (χ1v) is 8.46. The fraction of sp³-hybridized carbons (Fsp3) is 0.350. The zero-order chi connectivity index (χ0) is 17.4. The number of carbonyl (C=O) groups is 1. The molecule has 0 saturated heterocycles. The van der Waals surface area contributed by atoms with Crippen molar-refractivity contribution < 1.29 is 9.53 Å². The van der Waals surface area contributed by atoms with Gasteiger partial charge < -0.3 is 15.0 Å². The van der Waals surface area contributed by atoms with Crippen molar-refractivity contribution in [2.45, 2.75) is 20.8 Å². The first kappa shape index (κ1) is 17.9. The Balaban J connectivity index is 1.86. The van der Waals surface area contributed by atoms with E-state index >= 15 is 0 Å². The molecular weight excluding hydrogens is 300 g/mol. The highest BCUT2D eigenvalue weighted by atomic mass is 16.5. The van der Waals surface area contributed by atoms with Crippen molar-refractivity contribution in [2.75, 3.05) is 31.1 Å². The van der Waals surface area contributed by atoms with E-state index < -0.39 is 0 Å². The number of amides is 1. The highest BCUT2D eigenvalue weighted by molar-refractivity contribution is 5.94. The molecule has 0 radical (unpaired) electrons. The second-order valence-corrected chi connectivity index (χ2v) is 5.63. The summed E-state index contributed by atoms with van der Waals surface area (Å²) >= 11 is 0. The molecule has 0 atom stereocenters. The van der Waals surface area contributed by atoms with E-state index in [0.29, 0.717) is 18.7 Å². The van der Waals surface area contributed by atoms with Crippen molar-refractivity contribution in [3.8, 4) is 5.75 Å². The Labute approximate surface area is 144 Å². The summed E-state index contributed by atoms with van der Waals surface area (Å²) in [5.41, 5.74) is 3.08. The molecule has 24 heavy (non-hydrogen) atoms. The molecule has 1 amide bonds. The average Bonchev–Trinajstić information content (AvgIpc) is 2.59. The quantitative estimate of drug-likeness (QED) is 0.805. The SMILES string of the molecule is CCOc1ccc(C(=O)NCCN(CC)c2cccc(C)c2)cc1. The van der Waals surface area contributed by atoms with Crippen LogP contribution < -0.4 is 15.0 Å². The van der Waals surface area contributed by atoms with E-state index in [9.17, 15) is 4.79 Å². The van der Waals surface area contributed by atoms with E-state index in [-0.39, 0.29) is 5.91 Å². The molecule has 4 heteroatoms. The van der Waals surface area contributed by atoms with E-state index in [4.69, 9.17) is 4.74 Å². The molecule has 0 heterocycles. The Morgan fingerprint density at radius 1 is 1.12 bits per heavy atom. The molecule has 4 nitrogen and oxygen atoms in total. The maximum Gasteiger partial charge on any atom is 0.251 e. The van der Waals surface area contributed by atoms with E-state index in [1.54, 1.807) is 12.1 Å². The van der Waals surface area contributed by atoms with Crippen molar-refractivity contribution in [1.82, 2.24) is 5.32 Å². The summed E-state index contributed by atoms with van der Waals surface area (Å²) in [4.78, 5) is 14.5. The molecule has 0 aromatic heterocycles. The van der Waals surface area contributed by atoms with Gasteiger partial charge in [0.15, 0.2) is 0 Å². The molecule has 0 aliphatic carbocycles. The van der Waals surface area contributed by atoms with Crippen molar-refractivity contribution in [1.29, 1.82) is 0 Å². The Bertz CT molecular complexity index is 653. The van der Waals surface area contributed by atoms with Gasteiger partial charge in [-0.2, -0.15) is 0 Å². The van der Waals surface area contributed by atoms with E-state index in [1.807, 2.05) is 19.1 Å². The van der Waals surface area contributed by atoms with Crippen LogP contribution in [0.25, 0.3) is 0 Å². The van der Waals surface area contributed by atoms with Crippen LogP contribution in [0.2, 0.25) is 0 Å². The van der Waals surface area contributed by atoms with Gasteiger partial charge in [-0.05, 0) is 62.7 Å². The van der Waals surface area contributed by atoms with Gasteiger partial charge in [-0.1, -0.05) is 12.1 Å². The summed E-state index contributed by atoms with van der Waals surface area (Å²) in [6.07, 6.45) is 0. The lowest BCUT2D eigenvalue weighted by molar-refractivity contribution is 0.0954. The van der Waals surface area contributed by atoms with Crippen molar-refractivity contribution >= 4 is 11.6 Å². The second kappa shape index (κ2) is 8.96. The third kappa shape index (κ3) is 5.01. The maximum atomic E-state index is 12.2. The number of hydrogen-bond donors (Lipinski definition) is 1. The molecule has 0 aliphatic rings. The zero-order valence-corrected chi connectivity index (χ0v) is 14.7. The van der Waals surface area contributed by atoms with Crippen LogP contribution >= 0.6 is 0 Å².